The predicted octanol–water partition coefficient (Wildman–Crippen LogP) is 11.5. The fraction of sp³-hybridized carbons (Fsp3) is 0.535. The van der Waals surface area contributed by atoms with Crippen LogP contribution in [0.2, 0.25) is 0 Å². The van der Waals surface area contributed by atoms with E-state index in [0.29, 0.717) is 30.6 Å². The van der Waals surface area contributed by atoms with E-state index in [9.17, 15) is 14.0 Å². The van der Waals surface area contributed by atoms with Crippen molar-refractivity contribution in [2.45, 2.75) is 122 Å². The molecule has 1 atom stereocenters. The number of benzene rings is 3. The highest BCUT2D eigenvalue weighted by molar-refractivity contribution is 5.98. The minimum Gasteiger partial charge on any atom is -0.494 e. The Kier molecular flexibility index (Phi) is 16.9. The largest absolute Gasteiger partial charge is 0.516 e. The Morgan fingerprint density at radius 2 is 1.43 bits per heavy atom. The molecule has 3 aromatic carbocycles. The average Bonchev–Trinajstić information content (AvgIpc) is 3.11. The fourth-order valence-electron chi connectivity index (χ4n) is 6.34. The van der Waals surface area contributed by atoms with Crippen molar-refractivity contribution in [2.24, 2.45) is 0 Å². The first kappa shape index (κ1) is 40.0. The summed E-state index contributed by atoms with van der Waals surface area (Å²) in [6, 6.07) is 19.0. The molecular weight excluding hydrogens is 647 g/mol. The van der Waals surface area contributed by atoms with Gasteiger partial charge in [-0.2, -0.15) is 0 Å². The topological polar surface area (TPSA) is 80.3 Å². The normalized spacial score (nSPS) is 15.4. The molecule has 8 heteroatoms. The highest BCUT2D eigenvalue weighted by Gasteiger charge is 2.33. The molecule has 51 heavy (non-hydrogen) atoms. The van der Waals surface area contributed by atoms with Crippen LogP contribution in [0.1, 0.15) is 121 Å². The maximum Gasteiger partial charge on any atom is 0.516 e. The van der Waals surface area contributed by atoms with E-state index >= 15 is 0 Å². The SMILES string of the molecule is CCCC(CCC)OC(=O)OC(=O)c1ccc(-c2ccc(OCCCCCCCCCCCOCC3(C)CCO3)cc2)c(-c2cccc(F)c2)c1. The summed E-state index contributed by atoms with van der Waals surface area (Å²) in [4.78, 5) is 25.4. The van der Waals surface area contributed by atoms with Gasteiger partial charge in [0, 0.05) is 13.0 Å². The second-order valence-corrected chi connectivity index (χ2v) is 13.9. The molecule has 0 radical (unpaired) electrons. The van der Waals surface area contributed by atoms with E-state index in [1.807, 2.05) is 38.1 Å². The summed E-state index contributed by atoms with van der Waals surface area (Å²) in [5.41, 5.74) is 3.06. The summed E-state index contributed by atoms with van der Waals surface area (Å²) in [5, 5.41) is 0. The third-order valence-electron chi connectivity index (χ3n) is 9.41. The number of carbonyl (C=O) groups excluding carboxylic acids is 2. The van der Waals surface area contributed by atoms with E-state index < -0.39 is 17.9 Å². The van der Waals surface area contributed by atoms with E-state index in [1.54, 1.807) is 30.3 Å². The van der Waals surface area contributed by atoms with Gasteiger partial charge in [-0.15, -0.1) is 0 Å². The first-order valence-electron chi connectivity index (χ1n) is 19.1. The number of rotatable bonds is 23. The molecule has 0 amide bonds. The number of unbranched alkanes of at least 4 members (excludes halogenated alkanes) is 8. The molecule has 1 aliphatic rings. The molecule has 1 unspecified atom stereocenters. The minimum atomic E-state index is -1.01. The van der Waals surface area contributed by atoms with E-state index in [-0.39, 0.29) is 17.3 Å². The van der Waals surface area contributed by atoms with Crippen LogP contribution in [-0.2, 0) is 18.9 Å². The highest BCUT2D eigenvalue weighted by atomic mass is 19.1. The summed E-state index contributed by atoms with van der Waals surface area (Å²) in [5.74, 6) is -0.424. The number of hydrogen-bond donors (Lipinski definition) is 0. The molecular formula is C43H57FO7. The van der Waals surface area contributed by atoms with E-state index in [2.05, 4.69) is 6.92 Å². The zero-order valence-corrected chi connectivity index (χ0v) is 30.9. The van der Waals surface area contributed by atoms with Crippen LogP contribution in [0.15, 0.2) is 66.7 Å². The molecule has 1 aliphatic heterocycles. The fourth-order valence-corrected chi connectivity index (χ4v) is 6.34. The van der Waals surface area contributed by atoms with Crippen molar-refractivity contribution in [3.8, 4) is 28.0 Å². The number of halogens is 1. The molecule has 0 saturated carbocycles. The maximum atomic E-state index is 14.3. The van der Waals surface area contributed by atoms with Gasteiger partial charge in [-0.3, -0.25) is 0 Å². The van der Waals surface area contributed by atoms with E-state index in [0.717, 1.165) is 75.2 Å². The summed E-state index contributed by atoms with van der Waals surface area (Å²) in [7, 11) is 0. The molecule has 1 heterocycles. The van der Waals surface area contributed by atoms with E-state index in [1.165, 1.54) is 50.7 Å². The van der Waals surface area contributed by atoms with Gasteiger partial charge >= 0.3 is 12.1 Å². The van der Waals surface area contributed by atoms with Gasteiger partial charge < -0.3 is 23.7 Å². The highest BCUT2D eigenvalue weighted by Crippen LogP contribution is 2.35. The van der Waals surface area contributed by atoms with Gasteiger partial charge in [-0.25, -0.2) is 14.0 Å². The van der Waals surface area contributed by atoms with Crippen molar-refractivity contribution in [3.05, 3.63) is 78.1 Å². The average molecular weight is 705 g/mol. The Bertz CT molecular complexity index is 1480. The smallest absolute Gasteiger partial charge is 0.494 e. The van der Waals surface area contributed by atoms with Crippen LogP contribution < -0.4 is 4.74 Å². The Morgan fingerprint density at radius 3 is 2.04 bits per heavy atom. The van der Waals surface area contributed by atoms with Crippen molar-refractivity contribution in [3.63, 3.8) is 0 Å². The van der Waals surface area contributed by atoms with Gasteiger partial charge in [0.25, 0.3) is 0 Å². The monoisotopic (exact) mass is 704 g/mol. The first-order chi connectivity index (χ1) is 24.8. The van der Waals surface area contributed by atoms with Gasteiger partial charge in [0.2, 0.25) is 0 Å². The van der Waals surface area contributed by atoms with Crippen molar-refractivity contribution in [1.82, 2.24) is 0 Å². The molecule has 7 nitrogen and oxygen atoms in total. The summed E-state index contributed by atoms with van der Waals surface area (Å²) < 4.78 is 42.1. The van der Waals surface area contributed by atoms with Crippen LogP contribution in [0, 0.1) is 5.82 Å². The molecule has 0 spiro atoms. The lowest BCUT2D eigenvalue weighted by Crippen LogP contribution is -2.44. The summed E-state index contributed by atoms with van der Waals surface area (Å²) >= 11 is 0. The van der Waals surface area contributed by atoms with Crippen LogP contribution in [0.4, 0.5) is 9.18 Å². The lowest BCUT2D eigenvalue weighted by atomic mass is 9.92. The molecule has 278 valence electrons. The lowest BCUT2D eigenvalue weighted by Gasteiger charge is -2.38. The first-order valence-corrected chi connectivity index (χ1v) is 19.1. The lowest BCUT2D eigenvalue weighted by molar-refractivity contribution is -0.169. The number of hydrogen-bond acceptors (Lipinski definition) is 7. The second kappa shape index (κ2) is 21.6. The Labute approximate surface area is 304 Å². The number of carbonyl (C=O) groups is 2. The Hall–Kier alpha value is -3.75. The van der Waals surface area contributed by atoms with Crippen LogP contribution in [-0.4, -0.2) is 50.3 Å². The van der Waals surface area contributed by atoms with Crippen molar-refractivity contribution < 1.29 is 37.7 Å². The Morgan fingerprint density at radius 1 is 0.784 bits per heavy atom. The molecule has 4 rings (SSSR count). The van der Waals surface area contributed by atoms with Crippen LogP contribution in [0.3, 0.4) is 0 Å². The molecule has 0 bridgehead atoms. The second-order valence-electron chi connectivity index (χ2n) is 13.9. The molecule has 0 aliphatic carbocycles. The van der Waals surface area contributed by atoms with Gasteiger partial charge in [-0.05, 0) is 91.3 Å². The zero-order valence-electron chi connectivity index (χ0n) is 30.9. The summed E-state index contributed by atoms with van der Waals surface area (Å²) in [6.07, 6.45) is 13.7. The summed E-state index contributed by atoms with van der Waals surface area (Å²) in [6.45, 7) is 9.23. The molecule has 0 aromatic heterocycles. The Balaban J connectivity index is 1.21. The standard InChI is InChI=1S/C43H57FO7/c1-4-16-38(17-5-2)50-42(46)51-41(45)35-22-25-39(40(31-35)34-18-15-19-36(44)30-34)33-20-23-37(24-21-33)48-28-14-12-10-8-6-7-9-11-13-27-47-32-43(3)26-29-49-43/h15,18-25,30-31,38H,4-14,16-17,26-29,32H2,1-3H3. The maximum absolute atomic E-state index is 14.3. The minimum absolute atomic E-state index is 0.0323. The zero-order chi connectivity index (χ0) is 36.3. The van der Waals surface area contributed by atoms with Gasteiger partial charge in [0.1, 0.15) is 17.7 Å². The third kappa shape index (κ3) is 13.7. The third-order valence-corrected chi connectivity index (χ3v) is 9.41. The van der Waals surface area contributed by atoms with Crippen molar-refractivity contribution in [1.29, 1.82) is 0 Å². The molecule has 1 fully saturated rings. The van der Waals surface area contributed by atoms with E-state index in [4.69, 9.17) is 23.7 Å². The molecule has 3 aromatic rings. The van der Waals surface area contributed by atoms with Gasteiger partial charge in [0.05, 0.1) is 31.0 Å². The van der Waals surface area contributed by atoms with Crippen LogP contribution in [0.5, 0.6) is 5.75 Å². The van der Waals surface area contributed by atoms with Crippen LogP contribution >= 0.6 is 0 Å². The quantitative estimate of drug-likeness (QED) is 0.0552. The van der Waals surface area contributed by atoms with Crippen LogP contribution in [0.25, 0.3) is 22.3 Å². The van der Waals surface area contributed by atoms with Gasteiger partial charge in [0.15, 0.2) is 0 Å². The number of ether oxygens (including phenoxy) is 5. The van der Waals surface area contributed by atoms with Gasteiger partial charge in [-0.1, -0.05) is 102 Å². The number of esters is 1. The van der Waals surface area contributed by atoms with Crippen molar-refractivity contribution >= 4 is 12.1 Å². The van der Waals surface area contributed by atoms with Crippen molar-refractivity contribution in [2.75, 3.05) is 26.4 Å². The molecule has 0 N–H and O–H groups in total. The molecule has 1 saturated heterocycles. The predicted molar refractivity (Wildman–Crippen MR) is 200 cm³/mol.